The Balaban J connectivity index is 1.50. The summed E-state index contributed by atoms with van der Waals surface area (Å²) in [5, 5.41) is 14.7. The standard InChI is InChI=1S/C19H25N5O2/c1-19(2)11-15(14-5-3-4-6-17(14)26-19)21-18(25)16-12-24(23-22-16)13-7-9-20-10-8-13/h3-6,12-13,15,20H,7-11H2,1-2H3,(H,21,25). The van der Waals surface area contributed by atoms with Crippen LogP contribution in [0.2, 0.25) is 0 Å². The minimum atomic E-state index is -0.334. The molecule has 1 saturated heterocycles. The molecule has 1 unspecified atom stereocenters. The second kappa shape index (κ2) is 6.72. The fraction of sp³-hybridized carbons (Fsp3) is 0.526. The highest BCUT2D eigenvalue weighted by Crippen LogP contribution is 2.39. The molecule has 7 heteroatoms. The number of fused-ring (bicyclic) bond motifs is 1. The number of nitrogens with zero attached hydrogens (tertiary/aromatic N) is 3. The Kier molecular flexibility index (Phi) is 4.40. The number of aromatic nitrogens is 3. The third kappa shape index (κ3) is 3.44. The molecule has 1 aromatic carbocycles. The van der Waals surface area contributed by atoms with Crippen molar-refractivity contribution in [2.24, 2.45) is 0 Å². The number of nitrogens with one attached hydrogen (secondary N) is 2. The summed E-state index contributed by atoms with van der Waals surface area (Å²) in [6, 6.07) is 8.07. The van der Waals surface area contributed by atoms with Crippen molar-refractivity contribution in [1.82, 2.24) is 25.6 Å². The zero-order chi connectivity index (χ0) is 18.1. The molecule has 0 radical (unpaired) electrons. The molecule has 1 fully saturated rings. The number of carbonyl (C=O) groups is 1. The molecule has 2 N–H and O–H groups in total. The SMILES string of the molecule is CC1(C)CC(NC(=O)c2cn(C3CCNCC3)nn2)c2ccccc2O1. The van der Waals surface area contributed by atoms with Crippen LogP contribution in [0.3, 0.4) is 0 Å². The third-order valence-corrected chi connectivity index (χ3v) is 5.11. The highest BCUT2D eigenvalue weighted by Gasteiger charge is 2.34. The van der Waals surface area contributed by atoms with E-state index in [1.165, 1.54) is 0 Å². The average Bonchev–Trinajstić information content (AvgIpc) is 3.12. The van der Waals surface area contributed by atoms with Gasteiger partial charge in [0.1, 0.15) is 11.4 Å². The zero-order valence-electron chi connectivity index (χ0n) is 15.2. The number of para-hydroxylation sites is 1. The van der Waals surface area contributed by atoms with Gasteiger partial charge in [-0.2, -0.15) is 0 Å². The number of piperidine rings is 1. The summed E-state index contributed by atoms with van der Waals surface area (Å²) < 4.78 is 7.86. The molecule has 2 aliphatic heterocycles. The lowest BCUT2D eigenvalue weighted by molar-refractivity contribution is 0.0618. The number of hydrogen-bond acceptors (Lipinski definition) is 5. The van der Waals surface area contributed by atoms with Crippen molar-refractivity contribution in [1.29, 1.82) is 0 Å². The second-order valence-corrected chi connectivity index (χ2v) is 7.69. The summed E-state index contributed by atoms with van der Waals surface area (Å²) >= 11 is 0. The normalized spacial score (nSPS) is 22.3. The topological polar surface area (TPSA) is 81.1 Å². The van der Waals surface area contributed by atoms with Crippen LogP contribution in [0.1, 0.15) is 61.2 Å². The maximum absolute atomic E-state index is 12.7. The summed E-state index contributed by atoms with van der Waals surface area (Å²) in [4.78, 5) is 12.7. The first kappa shape index (κ1) is 17.0. The van der Waals surface area contributed by atoms with Crippen molar-refractivity contribution < 1.29 is 9.53 Å². The van der Waals surface area contributed by atoms with Crippen molar-refractivity contribution in [3.8, 4) is 5.75 Å². The van der Waals surface area contributed by atoms with E-state index < -0.39 is 0 Å². The molecule has 4 rings (SSSR count). The van der Waals surface area contributed by atoms with Gasteiger partial charge in [-0.3, -0.25) is 4.79 Å². The first-order valence-electron chi connectivity index (χ1n) is 9.23. The molecule has 0 spiro atoms. The van der Waals surface area contributed by atoms with Crippen LogP contribution < -0.4 is 15.4 Å². The van der Waals surface area contributed by atoms with Crippen molar-refractivity contribution in [3.63, 3.8) is 0 Å². The Labute approximate surface area is 153 Å². The van der Waals surface area contributed by atoms with E-state index in [1.54, 1.807) is 6.20 Å². The van der Waals surface area contributed by atoms with E-state index in [0.717, 1.165) is 37.2 Å². The van der Waals surface area contributed by atoms with E-state index in [2.05, 4.69) is 20.9 Å². The van der Waals surface area contributed by atoms with Gasteiger partial charge in [-0.05, 0) is 45.8 Å². The number of carbonyl (C=O) groups excluding carboxylic acids is 1. The molecule has 2 aliphatic rings. The number of ether oxygens (including phenoxy) is 1. The molecule has 0 saturated carbocycles. The number of hydrogen-bond donors (Lipinski definition) is 2. The van der Waals surface area contributed by atoms with Gasteiger partial charge in [0.2, 0.25) is 0 Å². The van der Waals surface area contributed by atoms with Gasteiger partial charge in [-0.1, -0.05) is 23.4 Å². The molecule has 1 amide bonds. The van der Waals surface area contributed by atoms with Crippen molar-refractivity contribution in [2.45, 2.75) is 50.8 Å². The van der Waals surface area contributed by atoms with E-state index >= 15 is 0 Å². The van der Waals surface area contributed by atoms with Crippen molar-refractivity contribution >= 4 is 5.91 Å². The summed E-state index contributed by atoms with van der Waals surface area (Å²) in [6.07, 6.45) is 4.48. The van der Waals surface area contributed by atoms with Gasteiger partial charge in [0.05, 0.1) is 18.3 Å². The largest absolute Gasteiger partial charge is 0.487 e. The lowest BCUT2D eigenvalue weighted by atomic mass is 9.89. The van der Waals surface area contributed by atoms with Crippen LogP contribution in [0.25, 0.3) is 0 Å². The van der Waals surface area contributed by atoms with E-state index in [4.69, 9.17) is 4.74 Å². The molecule has 1 aromatic heterocycles. The summed E-state index contributed by atoms with van der Waals surface area (Å²) in [7, 11) is 0. The molecule has 138 valence electrons. The van der Waals surface area contributed by atoms with E-state index in [0.29, 0.717) is 18.2 Å². The number of rotatable bonds is 3. The maximum Gasteiger partial charge on any atom is 0.273 e. The van der Waals surface area contributed by atoms with Crippen LogP contribution in [0.5, 0.6) is 5.75 Å². The molecule has 7 nitrogen and oxygen atoms in total. The third-order valence-electron chi connectivity index (χ3n) is 5.11. The van der Waals surface area contributed by atoms with Crippen LogP contribution in [-0.2, 0) is 0 Å². The van der Waals surface area contributed by atoms with Crippen LogP contribution >= 0.6 is 0 Å². The molecule has 0 bridgehead atoms. The summed E-state index contributed by atoms with van der Waals surface area (Å²) in [6.45, 7) is 6.02. The predicted molar refractivity (Wildman–Crippen MR) is 97.1 cm³/mol. The molecule has 26 heavy (non-hydrogen) atoms. The predicted octanol–water partition coefficient (Wildman–Crippen LogP) is 2.23. The molecular weight excluding hydrogens is 330 g/mol. The lowest BCUT2D eigenvalue weighted by Crippen LogP contribution is -2.41. The molecule has 1 atom stereocenters. The van der Waals surface area contributed by atoms with E-state index in [1.807, 2.05) is 42.8 Å². The Morgan fingerprint density at radius 1 is 1.31 bits per heavy atom. The van der Waals surface area contributed by atoms with E-state index in [9.17, 15) is 4.79 Å². The number of amides is 1. The van der Waals surface area contributed by atoms with Gasteiger partial charge >= 0.3 is 0 Å². The Morgan fingerprint density at radius 2 is 2.08 bits per heavy atom. The fourth-order valence-electron chi connectivity index (χ4n) is 3.79. The van der Waals surface area contributed by atoms with Crippen molar-refractivity contribution in [3.05, 3.63) is 41.7 Å². The first-order valence-corrected chi connectivity index (χ1v) is 9.23. The summed E-state index contributed by atoms with van der Waals surface area (Å²) in [5.41, 5.74) is 1.04. The minimum absolute atomic E-state index is 0.105. The Hall–Kier alpha value is -2.41. The Morgan fingerprint density at radius 3 is 2.88 bits per heavy atom. The van der Waals surface area contributed by atoms with Crippen LogP contribution in [0.15, 0.2) is 30.5 Å². The van der Waals surface area contributed by atoms with Crippen LogP contribution in [-0.4, -0.2) is 39.6 Å². The number of benzene rings is 1. The minimum Gasteiger partial charge on any atom is -0.487 e. The average molecular weight is 355 g/mol. The molecule has 2 aromatic rings. The first-order chi connectivity index (χ1) is 12.5. The highest BCUT2D eigenvalue weighted by molar-refractivity contribution is 5.92. The van der Waals surface area contributed by atoms with Gasteiger partial charge in [0.25, 0.3) is 5.91 Å². The second-order valence-electron chi connectivity index (χ2n) is 7.69. The summed E-state index contributed by atoms with van der Waals surface area (Å²) in [5.74, 6) is 0.634. The zero-order valence-corrected chi connectivity index (χ0v) is 15.2. The molecule has 3 heterocycles. The van der Waals surface area contributed by atoms with Crippen molar-refractivity contribution in [2.75, 3.05) is 13.1 Å². The Bertz CT molecular complexity index is 795. The van der Waals surface area contributed by atoms with Gasteiger partial charge < -0.3 is 15.4 Å². The fourth-order valence-corrected chi connectivity index (χ4v) is 3.79. The van der Waals surface area contributed by atoms with Gasteiger partial charge in [0.15, 0.2) is 5.69 Å². The lowest BCUT2D eigenvalue weighted by Gasteiger charge is -2.37. The van der Waals surface area contributed by atoms with Gasteiger partial charge in [-0.15, -0.1) is 5.10 Å². The van der Waals surface area contributed by atoms with Gasteiger partial charge in [0, 0.05) is 12.0 Å². The van der Waals surface area contributed by atoms with Crippen LogP contribution in [0.4, 0.5) is 0 Å². The molecular formula is C19H25N5O2. The van der Waals surface area contributed by atoms with Crippen LogP contribution in [0, 0.1) is 0 Å². The van der Waals surface area contributed by atoms with Gasteiger partial charge in [-0.25, -0.2) is 4.68 Å². The monoisotopic (exact) mass is 355 g/mol. The quantitative estimate of drug-likeness (QED) is 0.882. The smallest absolute Gasteiger partial charge is 0.273 e. The van der Waals surface area contributed by atoms with E-state index in [-0.39, 0.29) is 17.6 Å². The highest BCUT2D eigenvalue weighted by atomic mass is 16.5. The molecule has 0 aliphatic carbocycles. The maximum atomic E-state index is 12.7.